The van der Waals surface area contributed by atoms with Crippen LogP contribution in [0.1, 0.15) is 20.3 Å². The first-order valence-electron chi connectivity index (χ1n) is 7.25. The van der Waals surface area contributed by atoms with Crippen LogP contribution in [0.4, 0.5) is 14.5 Å². The highest BCUT2D eigenvalue weighted by atomic mass is 19.2. The summed E-state index contributed by atoms with van der Waals surface area (Å²) in [6.07, 6.45) is -0.0779. The molecule has 0 saturated heterocycles. The number of amides is 2. The lowest BCUT2D eigenvalue weighted by atomic mass is 10.3. The standard InChI is InChI=1S/C15H20F2N2O4/c1-3-22-13(23-4-2)7-8-18-14(20)15(21)19-10-5-6-11(16)12(17)9-10/h5-6,9,13H,3-4,7-8H2,1-2H3,(H,18,20)(H,19,21). The Morgan fingerprint density at radius 2 is 1.74 bits per heavy atom. The van der Waals surface area contributed by atoms with E-state index in [0.717, 1.165) is 18.2 Å². The summed E-state index contributed by atoms with van der Waals surface area (Å²) in [5, 5.41) is 4.58. The molecule has 0 spiro atoms. The van der Waals surface area contributed by atoms with Gasteiger partial charge in [-0.25, -0.2) is 8.78 Å². The fourth-order valence-electron chi connectivity index (χ4n) is 1.73. The number of carbonyl (C=O) groups excluding carboxylic acids is 2. The van der Waals surface area contributed by atoms with Crippen molar-refractivity contribution in [3.05, 3.63) is 29.8 Å². The van der Waals surface area contributed by atoms with Crippen LogP contribution in [0.5, 0.6) is 0 Å². The third-order valence-corrected chi connectivity index (χ3v) is 2.75. The van der Waals surface area contributed by atoms with Gasteiger partial charge in [-0.1, -0.05) is 0 Å². The van der Waals surface area contributed by atoms with Crippen LogP contribution < -0.4 is 10.6 Å². The number of halogens is 2. The molecule has 8 heteroatoms. The van der Waals surface area contributed by atoms with Crippen LogP contribution in [0, 0.1) is 11.6 Å². The van der Waals surface area contributed by atoms with Crippen LogP contribution in [-0.4, -0.2) is 37.9 Å². The molecule has 0 unspecified atom stereocenters. The average molecular weight is 330 g/mol. The first kappa shape index (κ1) is 19.0. The molecule has 23 heavy (non-hydrogen) atoms. The summed E-state index contributed by atoms with van der Waals surface area (Å²) in [4.78, 5) is 23.3. The van der Waals surface area contributed by atoms with Gasteiger partial charge < -0.3 is 20.1 Å². The minimum atomic E-state index is -1.11. The lowest BCUT2D eigenvalue weighted by molar-refractivity contribution is -0.142. The number of carbonyl (C=O) groups is 2. The van der Waals surface area contributed by atoms with Gasteiger partial charge in [0.15, 0.2) is 17.9 Å². The predicted molar refractivity (Wildman–Crippen MR) is 79.7 cm³/mol. The molecule has 0 heterocycles. The smallest absolute Gasteiger partial charge is 0.313 e. The first-order valence-corrected chi connectivity index (χ1v) is 7.25. The molecule has 0 fully saturated rings. The molecule has 2 amide bonds. The van der Waals surface area contributed by atoms with Crippen LogP contribution >= 0.6 is 0 Å². The van der Waals surface area contributed by atoms with Crippen LogP contribution in [0.15, 0.2) is 18.2 Å². The second-order valence-electron chi connectivity index (χ2n) is 4.47. The van der Waals surface area contributed by atoms with Gasteiger partial charge in [-0.05, 0) is 26.0 Å². The molecular formula is C15H20F2N2O4. The molecule has 1 aromatic carbocycles. The van der Waals surface area contributed by atoms with Crippen LogP contribution in [0.25, 0.3) is 0 Å². The Hall–Kier alpha value is -2.06. The normalized spacial score (nSPS) is 10.7. The van der Waals surface area contributed by atoms with E-state index in [9.17, 15) is 18.4 Å². The SMILES string of the molecule is CCOC(CCNC(=O)C(=O)Nc1ccc(F)c(F)c1)OCC. The molecule has 128 valence electrons. The number of anilines is 1. The summed E-state index contributed by atoms with van der Waals surface area (Å²) in [7, 11) is 0. The van der Waals surface area contributed by atoms with Gasteiger partial charge >= 0.3 is 11.8 Å². The van der Waals surface area contributed by atoms with E-state index < -0.39 is 29.7 Å². The van der Waals surface area contributed by atoms with Crippen molar-refractivity contribution in [1.29, 1.82) is 0 Å². The van der Waals surface area contributed by atoms with Crippen molar-refractivity contribution in [1.82, 2.24) is 5.32 Å². The zero-order valence-electron chi connectivity index (χ0n) is 13.0. The van der Waals surface area contributed by atoms with Crippen molar-refractivity contribution in [2.45, 2.75) is 26.6 Å². The number of nitrogens with one attached hydrogen (secondary N) is 2. The topological polar surface area (TPSA) is 76.7 Å². The number of ether oxygens (including phenoxy) is 2. The average Bonchev–Trinajstić information content (AvgIpc) is 2.51. The highest BCUT2D eigenvalue weighted by Crippen LogP contribution is 2.12. The Kier molecular flexibility index (Phi) is 8.14. The van der Waals surface area contributed by atoms with E-state index in [-0.39, 0.29) is 12.2 Å². The summed E-state index contributed by atoms with van der Waals surface area (Å²) in [6, 6.07) is 2.81. The summed E-state index contributed by atoms with van der Waals surface area (Å²) >= 11 is 0. The maximum atomic E-state index is 13.0. The molecule has 0 aliphatic carbocycles. The van der Waals surface area contributed by atoms with Crippen molar-refractivity contribution in [3.8, 4) is 0 Å². The Morgan fingerprint density at radius 3 is 2.30 bits per heavy atom. The number of hydrogen-bond donors (Lipinski definition) is 2. The molecule has 0 radical (unpaired) electrons. The third-order valence-electron chi connectivity index (χ3n) is 2.75. The van der Waals surface area contributed by atoms with E-state index in [4.69, 9.17) is 9.47 Å². The Morgan fingerprint density at radius 1 is 1.09 bits per heavy atom. The van der Waals surface area contributed by atoms with E-state index in [1.165, 1.54) is 0 Å². The van der Waals surface area contributed by atoms with Crippen molar-refractivity contribution < 1.29 is 27.8 Å². The zero-order chi connectivity index (χ0) is 17.2. The Balaban J connectivity index is 2.41. The molecule has 6 nitrogen and oxygen atoms in total. The van der Waals surface area contributed by atoms with E-state index in [0.29, 0.717) is 19.6 Å². The zero-order valence-corrected chi connectivity index (χ0v) is 13.0. The maximum Gasteiger partial charge on any atom is 0.313 e. The van der Waals surface area contributed by atoms with E-state index in [1.54, 1.807) is 0 Å². The van der Waals surface area contributed by atoms with Crippen LogP contribution in [0.2, 0.25) is 0 Å². The van der Waals surface area contributed by atoms with Gasteiger partial charge in [-0.15, -0.1) is 0 Å². The second kappa shape index (κ2) is 9.86. The van der Waals surface area contributed by atoms with E-state index >= 15 is 0 Å². The van der Waals surface area contributed by atoms with Crippen molar-refractivity contribution in [3.63, 3.8) is 0 Å². The lowest BCUT2D eigenvalue weighted by Gasteiger charge is -2.16. The largest absolute Gasteiger partial charge is 0.353 e. The van der Waals surface area contributed by atoms with Gasteiger partial charge in [0.2, 0.25) is 0 Å². The third kappa shape index (κ3) is 6.70. The lowest BCUT2D eigenvalue weighted by Crippen LogP contribution is -2.37. The summed E-state index contributed by atoms with van der Waals surface area (Å²) in [6.45, 7) is 4.75. The summed E-state index contributed by atoms with van der Waals surface area (Å²) in [5.41, 5.74) is -0.00874. The number of benzene rings is 1. The fourth-order valence-corrected chi connectivity index (χ4v) is 1.73. The molecule has 0 atom stereocenters. The number of hydrogen-bond acceptors (Lipinski definition) is 4. The van der Waals surface area contributed by atoms with Gasteiger partial charge in [0.1, 0.15) is 0 Å². The van der Waals surface area contributed by atoms with Crippen LogP contribution in [-0.2, 0) is 19.1 Å². The fraction of sp³-hybridized carbons (Fsp3) is 0.467. The molecule has 0 aliphatic rings. The maximum absolute atomic E-state index is 13.0. The summed E-state index contributed by atoms with van der Waals surface area (Å²) < 4.78 is 36.4. The van der Waals surface area contributed by atoms with Crippen molar-refractivity contribution in [2.24, 2.45) is 0 Å². The Bertz CT molecular complexity index is 534. The first-order chi connectivity index (χ1) is 11.0. The molecule has 2 N–H and O–H groups in total. The monoisotopic (exact) mass is 330 g/mol. The van der Waals surface area contributed by atoms with Crippen molar-refractivity contribution in [2.75, 3.05) is 25.1 Å². The predicted octanol–water partition coefficient (Wildman–Crippen LogP) is 1.81. The molecular weight excluding hydrogens is 310 g/mol. The van der Waals surface area contributed by atoms with Gasteiger partial charge in [0.25, 0.3) is 0 Å². The van der Waals surface area contributed by atoms with E-state index in [1.807, 2.05) is 13.8 Å². The molecule has 0 saturated carbocycles. The second-order valence-corrected chi connectivity index (χ2v) is 4.47. The highest BCUT2D eigenvalue weighted by molar-refractivity contribution is 6.39. The highest BCUT2D eigenvalue weighted by Gasteiger charge is 2.15. The molecule has 1 aromatic rings. The molecule has 0 aromatic heterocycles. The van der Waals surface area contributed by atoms with Gasteiger partial charge in [-0.2, -0.15) is 0 Å². The number of rotatable bonds is 8. The molecule has 0 aliphatic heterocycles. The van der Waals surface area contributed by atoms with Gasteiger partial charge in [0.05, 0.1) is 0 Å². The van der Waals surface area contributed by atoms with Crippen molar-refractivity contribution >= 4 is 17.5 Å². The summed E-state index contributed by atoms with van der Waals surface area (Å²) in [5.74, 6) is -4.01. The van der Waals surface area contributed by atoms with Gasteiger partial charge in [-0.3, -0.25) is 9.59 Å². The van der Waals surface area contributed by atoms with Crippen LogP contribution in [0.3, 0.4) is 0 Å². The molecule has 1 rings (SSSR count). The quantitative estimate of drug-likeness (QED) is 0.563. The Labute approximate surface area is 133 Å². The molecule has 0 bridgehead atoms. The minimum Gasteiger partial charge on any atom is -0.353 e. The van der Waals surface area contributed by atoms with E-state index in [2.05, 4.69) is 10.6 Å². The van der Waals surface area contributed by atoms with Gasteiger partial charge in [0, 0.05) is 37.9 Å². The minimum absolute atomic E-state index is 0.00874.